The van der Waals surface area contributed by atoms with Gasteiger partial charge in [0.1, 0.15) is 0 Å². The highest BCUT2D eigenvalue weighted by Crippen LogP contribution is 2.69. The number of hydrogen-bond acceptors (Lipinski definition) is 2. The van der Waals surface area contributed by atoms with Gasteiger partial charge in [0.25, 0.3) is 0 Å². The lowest BCUT2D eigenvalue weighted by Gasteiger charge is -2.58. The molecule has 8 aliphatic rings. The Labute approximate surface area is 347 Å². The van der Waals surface area contributed by atoms with Crippen molar-refractivity contribution < 1.29 is 10.2 Å². The van der Waals surface area contributed by atoms with E-state index in [1.807, 2.05) is 0 Å². The summed E-state index contributed by atoms with van der Waals surface area (Å²) in [6.07, 6.45) is 34.3. The van der Waals surface area contributed by atoms with Gasteiger partial charge in [-0.2, -0.15) is 0 Å². The topological polar surface area (TPSA) is 40.5 Å². The summed E-state index contributed by atoms with van der Waals surface area (Å²) in [5.41, 5.74) is 5.21. The maximum Gasteiger partial charge on any atom is 0.0577 e. The van der Waals surface area contributed by atoms with Crippen molar-refractivity contribution in [3.8, 4) is 0 Å². The first kappa shape index (κ1) is 43.5. The summed E-state index contributed by atoms with van der Waals surface area (Å²) < 4.78 is 0. The third-order valence-electron chi connectivity index (χ3n) is 20.6. The van der Waals surface area contributed by atoms with Crippen molar-refractivity contribution in [2.45, 2.75) is 223 Å². The van der Waals surface area contributed by atoms with Crippen LogP contribution in [0.15, 0.2) is 23.3 Å². The lowest BCUT2D eigenvalue weighted by Crippen LogP contribution is -2.50. The fourth-order valence-corrected chi connectivity index (χ4v) is 17.3. The maximum atomic E-state index is 10.2. The molecule has 2 nitrogen and oxygen atoms in total. The zero-order chi connectivity index (χ0) is 40.2. The summed E-state index contributed by atoms with van der Waals surface area (Å²) in [7, 11) is 0. The van der Waals surface area contributed by atoms with E-state index in [1.54, 1.807) is 11.1 Å². The van der Waals surface area contributed by atoms with E-state index >= 15 is 0 Å². The number of hydrogen-bond donors (Lipinski definition) is 2. The highest BCUT2D eigenvalue weighted by atomic mass is 16.3. The van der Waals surface area contributed by atoms with Gasteiger partial charge in [0, 0.05) is 0 Å². The number of aliphatic hydroxyl groups excluding tert-OH is 2. The highest BCUT2D eigenvalue weighted by molar-refractivity contribution is 5.27. The Balaban J connectivity index is 0.000000172. The molecule has 6 fully saturated rings. The normalized spacial score (nSPS) is 46.5. The summed E-state index contributed by atoms with van der Waals surface area (Å²) in [6.45, 7) is 25.1. The minimum absolute atomic E-state index is 0.0766. The van der Waals surface area contributed by atoms with E-state index in [0.29, 0.717) is 21.7 Å². The van der Waals surface area contributed by atoms with Crippen molar-refractivity contribution in [1.82, 2.24) is 0 Å². The van der Waals surface area contributed by atoms with Gasteiger partial charge in [-0.05, 0) is 195 Å². The zero-order valence-electron chi connectivity index (χ0n) is 38.7. The average Bonchev–Trinajstić information content (AvgIpc) is 3.69. The summed E-state index contributed by atoms with van der Waals surface area (Å²) >= 11 is 0. The lowest BCUT2D eigenvalue weighted by molar-refractivity contribution is -0.0573. The number of fused-ring (bicyclic) bond motifs is 10. The largest absolute Gasteiger partial charge is 0.393 e. The quantitative estimate of drug-likeness (QED) is 0.217. The molecule has 320 valence electrons. The van der Waals surface area contributed by atoms with Crippen LogP contribution in [0.2, 0.25) is 0 Å². The minimum Gasteiger partial charge on any atom is -0.393 e. The fourth-order valence-electron chi connectivity index (χ4n) is 17.3. The molecule has 0 spiro atoms. The second-order valence-electron chi connectivity index (χ2n) is 24.4. The van der Waals surface area contributed by atoms with Gasteiger partial charge < -0.3 is 10.2 Å². The molecule has 56 heavy (non-hydrogen) atoms. The maximum absolute atomic E-state index is 10.2. The Hall–Kier alpha value is -0.600. The molecule has 0 aliphatic heterocycles. The number of allylic oxidation sites excluding steroid dienone is 2. The summed E-state index contributed by atoms with van der Waals surface area (Å²) in [5.74, 6) is 10.9. The van der Waals surface area contributed by atoms with E-state index in [2.05, 4.69) is 81.4 Å². The number of rotatable bonds is 10. The average molecular weight is 773 g/mol. The second-order valence-corrected chi connectivity index (χ2v) is 24.4. The van der Waals surface area contributed by atoms with Gasteiger partial charge in [-0.15, -0.1) is 0 Å². The predicted molar refractivity (Wildman–Crippen MR) is 238 cm³/mol. The van der Waals surface area contributed by atoms with Crippen LogP contribution in [0, 0.1) is 92.7 Å². The van der Waals surface area contributed by atoms with Gasteiger partial charge in [0.2, 0.25) is 0 Å². The first-order valence-electron chi connectivity index (χ1n) is 25.3. The van der Waals surface area contributed by atoms with Crippen LogP contribution in [0.4, 0.5) is 0 Å². The van der Waals surface area contributed by atoms with Crippen LogP contribution < -0.4 is 0 Å². The first-order valence-corrected chi connectivity index (χ1v) is 25.3. The van der Waals surface area contributed by atoms with Crippen LogP contribution in [0.5, 0.6) is 0 Å². The third kappa shape index (κ3) is 8.00. The van der Waals surface area contributed by atoms with E-state index < -0.39 is 0 Å². The molecule has 0 aromatic carbocycles. The standard InChI is InChI=1S/2C27H46O/c2*1-18(2)7-6-8-19(3)23-11-12-24-22-10-9-20-17-21(28)13-15-26(20,4)25(22)14-16-27(23,24)5/h2*9,18-19,21-25,28H,6-8,10-17H2,1-5H3/t2*19-,21+,22?,23-,24?,25?,26+,27-/m11/s1. The second kappa shape index (κ2) is 17.0. The van der Waals surface area contributed by atoms with Crippen LogP contribution in [0.1, 0.15) is 210 Å². The van der Waals surface area contributed by atoms with Crippen LogP contribution in [-0.2, 0) is 0 Å². The summed E-state index contributed by atoms with van der Waals surface area (Å²) in [5, 5.41) is 20.4. The Kier molecular flexibility index (Phi) is 13.2. The van der Waals surface area contributed by atoms with Gasteiger partial charge in [0.05, 0.1) is 12.2 Å². The smallest absolute Gasteiger partial charge is 0.0577 e. The molecule has 0 aromatic rings. The van der Waals surface area contributed by atoms with Crippen molar-refractivity contribution in [3.05, 3.63) is 23.3 Å². The van der Waals surface area contributed by atoms with Crippen LogP contribution in [0.3, 0.4) is 0 Å². The molecule has 8 rings (SSSR count). The molecular formula is C54H92O2. The number of aliphatic hydroxyl groups is 2. The molecule has 2 heteroatoms. The molecule has 0 saturated heterocycles. The molecule has 2 N–H and O–H groups in total. The summed E-state index contributed by atoms with van der Waals surface area (Å²) in [4.78, 5) is 0. The van der Waals surface area contributed by atoms with Crippen LogP contribution in [0.25, 0.3) is 0 Å². The molecule has 0 bridgehead atoms. The van der Waals surface area contributed by atoms with E-state index in [4.69, 9.17) is 0 Å². The van der Waals surface area contributed by atoms with E-state index in [1.165, 1.54) is 116 Å². The molecule has 0 amide bonds. The molecule has 8 aliphatic carbocycles. The van der Waals surface area contributed by atoms with E-state index in [0.717, 1.165) is 96.7 Å². The zero-order valence-corrected chi connectivity index (χ0v) is 38.7. The SMILES string of the molecule is CC(C)CCC[C@@H](C)[C@H]1CCC2C3CC=C4C[C@@H](O)CC[C@]4(C)C3CC[C@@]21C.CC(C)CCC[C@@H](C)[C@H]1CCC2C3CC=C4C[C@@H](O)CC[C@]4(C)C3CC[C@@]21C. The predicted octanol–water partition coefficient (Wildman–Crippen LogP) is 14.8. The molecule has 6 unspecified atom stereocenters. The van der Waals surface area contributed by atoms with E-state index in [-0.39, 0.29) is 12.2 Å². The third-order valence-corrected chi connectivity index (χ3v) is 20.6. The summed E-state index contributed by atoms with van der Waals surface area (Å²) in [6, 6.07) is 0. The molecule has 6 saturated carbocycles. The van der Waals surface area contributed by atoms with Crippen molar-refractivity contribution in [2.75, 3.05) is 0 Å². The highest BCUT2D eigenvalue weighted by Gasteiger charge is 2.60. The monoisotopic (exact) mass is 773 g/mol. The molecule has 0 radical (unpaired) electrons. The fraction of sp³-hybridized carbons (Fsp3) is 0.926. The molecule has 0 heterocycles. The molecule has 0 aromatic heterocycles. The van der Waals surface area contributed by atoms with Crippen molar-refractivity contribution in [3.63, 3.8) is 0 Å². The Morgan fingerprint density at radius 3 is 1.27 bits per heavy atom. The van der Waals surface area contributed by atoms with Gasteiger partial charge in [-0.1, -0.05) is 131 Å². The first-order chi connectivity index (χ1) is 26.5. The van der Waals surface area contributed by atoms with Gasteiger partial charge >= 0.3 is 0 Å². The molecule has 16 atom stereocenters. The van der Waals surface area contributed by atoms with Gasteiger partial charge in [0.15, 0.2) is 0 Å². The van der Waals surface area contributed by atoms with Crippen molar-refractivity contribution >= 4 is 0 Å². The van der Waals surface area contributed by atoms with Crippen LogP contribution in [-0.4, -0.2) is 22.4 Å². The Bertz CT molecular complexity index is 1290. The Morgan fingerprint density at radius 2 is 0.893 bits per heavy atom. The van der Waals surface area contributed by atoms with Gasteiger partial charge in [-0.3, -0.25) is 0 Å². The van der Waals surface area contributed by atoms with Crippen LogP contribution >= 0.6 is 0 Å². The Morgan fingerprint density at radius 1 is 0.500 bits per heavy atom. The van der Waals surface area contributed by atoms with Crippen molar-refractivity contribution in [2.24, 2.45) is 92.7 Å². The van der Waals surface area contributed by atoms with Crippen molar-refractivity contribution in [1.29, 1.82) is 0 Å². The minimum atomic E-state index is -0.0766. The molecular weight excluding hydrogens is 681 g/mol. The van der Waals surface area contributed by atoms with E-state index in [9.17, 15) is 10.2 Å². The lowest BCUT2D eigenvalue weighted by atomic mass is 9.47. The van der Waals surface area contributed by atoms with Gasteiger partial charge in [-0.25, -0.2) is 0 Å².